The van der Waals surface area contributed by atoms with Gasteiger partial charge in [0.05, 0.1) is 21.7 Å². The SMILES string of the molecule is CC(C)C(CS)COc1cc(Cl)c(Cl)cc1Cl. The molecule has 0 amide bonds. The molecule has 0 aliphatic carbocycles. The Morgan fingerprint density at radius 1 is 1.12 bits per heavy atom. The van der Waals surface area contributed by atoms with Crippen LogP contribution in [0.1, 0.15) is 13.8 Å². The molecule has 17 heavy (non-hydrogen) atoms. The Labute approximate surface area is 123 Å². The summed E-state index contributed by atoms with van der Waals surface area (Å²) in [5.41, 5.74) is 0. The topological polar surface area (TPSA) is 9.23 Å². The molecule has 0 bridgehead atoms. The number of ether oxygens (including phenoxy) is 1. The van der Waals surface area contributed by atoms with Gasteiger partial charge in [-0.3, -0.25) is 0 Å². The summed E-state index contributed by atoms with van der Waals surface area (Å²) in [6.45, 7) is 4.85. The molecule has 1 unspecified atom stereocenters. The molecule has 1 aromatic rings. The Morgan fingerprint density at radius 2 is 1.71 bits per heavy atom. The number of rotatable bonds is 5. The van der Waals surface area contributed by atoms with Crippen molar-refractivity contribution in [2.75, 3.05) is 12.4 Å². The monoisotopic (exact) mass is 312 g/mol. The van der Waals surface area contributed by atoms with E-state index >= 15 is 0 Å². The smallest absolute Gasteiger partial charge is 0.139 e. The van der Waals surface area contributed by atoms with Gasteiger partial charge >= 0.3 is 0 Å². The van der Waals surface area contributed by atoms with E-state index in [9.17, 15) is 0 Å². The molecule has 0 saturated heterocycles. The zero-order valence-corrected chi connectivity index (χ0v) is 12.9. The Morgan fingerprint density at radius 3 is 2.24 bits per heavy atom. The fourth-order valence-corrected chi connectivity index (χ4v) is 2.39. The molecule has 0 radical (unpaired) electrons. The minimum absolute atomic E-state index is 0.379. The molecule has 0 aliphatic heterocycles. The molecule has 1 nitrogen and oxygen atoms in total. The fourth-order valence-electron chi connectivity index (χ4n) is 1.27. The van der Waals surface area contributed by atoms with Crippen molar-refractivity contribution in [1.82, 2.24) is 0 Å². The van der Waals surface area contributed by atoms with Crippen LogP contribution in [0.15, 0.2) is 12.1 Å². The molecule has 0 aliphatic rings. The molecule has 1 atom stereocenters. The minimum atomic E-state index is 0.379. The van der Waals surface area contributed by atoms with Crippen molar-refractivity contribution in [2.24, 2.45) is 11.8 Å². The Balaban J connectivity index is 2.72. The predicted octanol–water partition coefficient (Wildman–Crippen LogP) is 5.23. The lowest BCUT2D eigenvalue weighted by Crippen LogP contribution is -2.19. The van der Waals surface area contributed by atoms with Gasteiger partial charge in [-0.15, -0.1) is 0 Å². The standard InChI is InChI=1S/C12H15Cl3OS/c1-7(2)8(6-17)5-16-12-4-10(14)9(13)3-11(12)15/h3-4,7-8,17H,5-6H2,1-2H3. The quantitative estimate of drug-likeness (QED) is 0.578. The van der Waals surface area contributed by atoms with Crippen LogP contribution in [0.5, 0.6) is 5.75 Å². The van der Waals surface area contributed by atoms with Gasteiger partial charge in [0.2, 0.25) is 0 Å². The van der Waals surface area contributed by atoms with Crippen molar-refractivity contribution in [1.29, 1.82) is 0 Å². The second-order valence-corrected chi connectivity index (χ2v) is 5.78. The number of benzene rings is 1. The van der Waals surface area contributed by atoms with Crippen LogP contribution in [0.3, 0.4) is 0 Å². The van der Waals surface area contributed by atoms with E-state index in [1.807, 2.05) is 0 Å². The summed E-state index contributed by atoms with van der Waals surface area (Å²) in [4.78, 5) is 0. The highest BCUT2D eigenvalue weighted by molar-refractivity contribution is 7.80. The van der Waals surface area contributed by atoms with E-state index in [2.05, 4.69) is 26.5 Å². The molecule has 0 saturated carbocycles. The van der Waals surface area contributed by atoms with Crippen LogP contribution >= 0.6 is 47.4 Å². The average molecular weight is 314 g/mol. The summed E-state index contributed by atoms with van der Waals surface area (Å²) >= 11 is 22.1. The lowest BCUT2D eigenvalue weighted by Gasteiger charge is -2.19. The summed E-state index contributed by atoms with van der Waals surface area (Å²) in [5, 5.41) is 1.35. The van der Waals surface area contributed by atoms with Crippen LogP contribution in [0, 0.1) is 11.8 Å². The van der Waals surface area contributed by atoms with Crippen LogP contribution in [0.4, 0.5) is 0 Å². The minimum Gasteiger partial charge on any atom is -0.492 e. The first kappa shape index (κ1) is 15.3. The second kappa shape index (κ2) is 6.98. The van der Waals surface area contributed by atoms with Gasteiger partial charge in [0.15, 0.2) is 0 Å². The third-order valence-corrected chi connectivity index (χ3v) is 4.09. The summed E-state index contributed by atoms with van der Waals surface area (Å²) in [6, 6.07) is 3.23. The van der Waals surface area contributed by atoms with E-state index in [4.69, 9.17) is 39.5 Å². The van der Waals surface area contributed by atoms with E-state index < -0.39 is 0 Å². The molecule has 0 spiro atoms. The van der Waals surface area contributed by atoms with Crippen LogP contribution in [0.25, 0.3) is 0 Å². The van der Waals surface area contributed by atoms with Gasteiger partial charge in [0.25, 0.3) is 0 Å². The summed E-state index contributed by atoms with van der Waals surface area (Å²) in [5.74, 6) is 2.22. The van der Waals surface area contributed by atoms with Crippen LogP contribution in [0.2, 0.25) is 15.1 Å². The van der Waals surface area contributed by atoms with Crippen molar-refractivity contribution >= 4 is 47.4 Å². The van der Waals surface area contributed by atoms with Gasteiger partial charge in [-0.1, -0.05) is 48.7 Å². The first-order chi connectivity index (χ1) is 7.95. The highest BCUT2D eigenvalue weighted by Crippen LogP contribution is 2.34. The number of thiol groups is 1. The van der Waals surface area contributed by atoms with Gasteiger partial charge in [-0.05, 0) is 17.7 Å². The van der Waals surface area contributed by atoms with Crippen molar-refractivity contribution in [3.8, 4) is 5.75 Å². The molecule has 1 rings (SSSR count). The predicted molar refractivity (Wildman–Crippen MR) is 79.1 cm³/mol. The lowest BCUT2D eigenvalue weighted by atomic mass is 9.99. The highest BCUT2D eigenvalue weighted by Gasteiger charge is 2.14. The molecule has 0 aromatic heterocycles. The van der Waals surface area contributed by atoms with Gasteiger partial charge in [-0.2, -0.15) is 12.6 Å². The number of halogens is 3. The van der Waals surface area contributed by atoms with E-state index in [0.29, 0.717) is 39.3 Å². The Hall–Kier alpha value is 0.240. The number of hydrogen-bond acceptors (Lipinski definition) is 2. The molecule has 0 heterocycles. The van der Waals surface area contributed by atoms with E-state index in [-0.39, 0.29) is 0 Å². The normalized spacial score (nSPS) is 12.9. The van der Waals surface area contributed by atoms with Crippen molar-refractivity contribution in [3.63, 3.8) is 0 Å². The summed E-state index contributed by atoms with van der Waals surface area (Å²) in [7, 11) is 0. The van der Waals surface area contributed by atoms with Crippen molar-refractivity contribution in [3.05, 3.63) is 27.2 Å². The number of hydrogen-bond donors (Lipinski definition) is 1. The summed E-state index contributed by atoms with van der Waals surface area (Å²) < 4.78 is 5.66. The molecular weight excluding hydrogens is 299 g/mol. The van der Waals surface area contributed by atoms with E-state index in [1.165, 1.54) is 0 Å². The van der Waals surface area contributed by atoms with Gasteiger partial charge < -0.3 is 4.74 Å². The first-order valence-electron chi connectivity index (χ1n) is 5.34. The molecule has 1 aromatic carbocycles. The van der Waals surface area contributed by atoms with E-state index in [0.717, 1.165) is 5.75 Å². The molecule has 0 fully saturated rings. The van der Waals surface area contributed by atoms with Crippen molar-refractivity contribution < 1.29 is 4.74 Å². The second-order valence-electron chi connectivity index (χ2n) is 4.19. The maximum Gasteiger partial charge on any atom is 0.139 e. The zero-order valence-electron chi connectivity index (χ0n) is 9.71. The highest BCUT2D eigenvalue weighted by atomic mass is 35.5. The van der Waals surface area contributed by atoms with Crippen molar-refractivity contribution in [2.45, 2.75) is 13.8 Å². The summed E-state index contributed by atoms with van der Waals surface area (Å²) in [6.07, 6.45) is 0. The Bertz CT molecular complexity index is 382. The maximum absolute atomic E-state index is 6.02. The maximum atomic E-state index is 6.02. The Kier molecular flexibility index (Phi) is 6.28. The molecule has 5 heteroatoms. The fraction of sp³-hybridized carbons (Fsp3) is 0.500. The molecule has 0 N–H and O–H groups in total. The molecule has 96 valence electrons. The third kappa shape index (κ3) is 4.44. The van der Waals surface area contributed by atoms with Gasteiger partial charge in [-0.25, -0.2) is 0 Å². The molecular formula is C12H15Cl3OS. The largest absolute Gasteiger partial charge is 0.492 e. The van der Waals surface area contributed by atoms with Crippen LogP contribution in [-0.4, -0.2) is 12.4 Å². The van der Waals surface area contributed by atoms with E-state index in [1.54, 1.807) is 12.1 Å². The third-order valence-electron chi connectivity index (χ3n) is 2.61. The van der Waals surface area contributed by atoms with Crippen LogP contribution < -0.4 is 4.74 Å². The average Bonchev–Trinajstić information content (AvgIpc) is 2.25. The zero-order chi connectivity index (χ0) is 13.0. The van der Waals surface area contributed by atoms with Crippen LogP contribution in [-0.2, 0) is 0 Å². The first-order valence-corrected chi connectivity index (χ1v) is 7.10. The lowest BCUT2D eigenvalue weighted by molar-refractivity contribution is 0.227. The van der Waals surface area contributed by atoms with Gasteiger partial charge in [0.1, 0.15) is 5.75 Å². The van der Waals surface area contributed by atoms with Gasteiger partial charge in [0, 0.05) is 12.0 Å².